The maximum Gasteiger partial charge on any atom is 0.306 e. The molecule has 5 fully saturated rings. The van der Waals surface area contributed by atoms with Gasteiger partial charge in [0.1, 0.15) is 11.7 Å². The summed E-state index contributed by atoms with van der Waals surface area (Å²) in [6.45, 7) is 4.40. The summed E-state index contributed by atoms with van der Waals surface area (Å²) in [5, 5.41) is 8.76. The summed E-state index contributed by atoms with van der Waals surface area (Å²) in [5.74, 6) is -0.159. The molecule has 5 unspecified atom stereocenters. The Morgan fingerprint density at radius 2 is 1.88 bits per heavy atom. The van der Waals surface area contributed by atoms with Crippen LogP contribution in [0.4, 0.5) is 0 Å². The van der Waals surface area contributed by atoms with Crippen molar-refractivity contribution in [3.05, 3.63) is 0 Å². The topological polar surface area (TPSA) is 91.3 Å². The predicted molar refractivity (Wildman–Crippen MR) is 88.7 cm³/mol. The van der Waals surface area contributed by atoms with E-state index in [1.165, 1.54) is 0 Å². The van der Waals surface area contributed by atoms with E-state index in [0.29, 0.717) is 18.3 Å². The van der Waals surface area contributed by atoms with Crippen molar-refractivity contribution in [3.63, 3.8) is 0 Å². The van der Waals surface area contributed by atoms with Gasteiger partial charge >= 0.3 is 11.9 Å². The highest BCUT2D eigenvalue weighted by Crippen LogP contribution is 2.59. The van der Waals surface area contributed by atoms with Crippen molar-refractivity contribution in [3.8, 4) is 0 Å². The molecule has 1 spiro atoms. The lowest BCUT2D eigenvalue weighted by molar-refractivity contribution is -0.509. The minimum absolute atomic E-state index is 0.0955. The van der Waals surface area contributed by atoms with Crippen LogP contribution in [0.2, 0.25) is 0 Å². The van der Waals surface area contributed by atoms with Crippen molar-refractivity contribution in [2.45, 2.75) is 82.9 Å². The molecule has 1 N–H and O–H groups in total. The van der Waals surface area contributed by atoms with Gasteiger partial charge in [-0.2, -0.15) is 0 Å². The van der Waals surface area contributed by atoms with Gasteiger partial charge in [-0.05, 0) is 37.0 Å². The van der Waals surface area contributed by atoms with E-state index in [4.69, 9.17) is 24.4 Å². The summed E-state index contributed by atoms with van der Waals surface area (Å²) in [6.07, 6.45) is 3.52. The standard InChI is InChI=1S/C19H28O7/c1-10-3-4-13-11(2)14(23-17(22)7-6-16(20)21)9-15-19(13)12(10)5-8-18(24-15)25-26-19/h10-15,18H,3-9H2,1-2H3,(H,20,21)/t10?,11-,12+,13+,14?,15?,18?,19?/m1/s1. The second-order valence-electron chi connectivity index (χ2n) is 8.45. The number of fused-ring (bicyclic) bond motifs is 2. The minimum atomic E-state index is -0.989. The molecular weight excluding hydrogens is 340 g/mol. The van der Waals surface area contributed by atoms with E-state index in [2.05, 4.69) is 13.8 Å². The Bertz CT molecular complexity index is 578. The molecule has 0 aromatic carbocycles. The summed E-state index contributed by atoms with van der Waals surface area (Å²) < 4.78 is 11.9. The third-order valence-corrected chi connectivity index (χ3v) is 7.10. The third kappa shape index (κ3) is 2.84. The smallest absolute Gasteiger partial charge is 0.306 e. The molecule has 26 heavy (non-hydrogen) atoms. The lowest BCUT2D eigenvalue weighted by atomic mass is 9.53. The van der Waals surface area contributed by atoms with Crippen LogP contribution in [0.15, 0.2) is 0 Å². The molecule has 146 valence electrons. The van der Waals surface area contributed by atoms with Gasteiger partial charge in [-0.1, -0.05) is 13.8 Å². The third-order valence-electron chi connectivity index (χ3n) is 7.10. The highest BCUT2D eigenvalue weighted by molar-refractivity contribution is 5.76. The van der Waals surface area contributed by atoms with Gasteiger partial charge in [0, 0.05) is 18.8 Å². The molecule has 2 bridgehead atoms. The Morgan fingerprint density at radius 1 is 1.12 bits per heavy atom. The monoisotopic (exact) mass is 368 g/mol. The number of rotatable bonds is 4. The number of hydrogen-bond acceptors (Lipinski definition) is 6. The molecule has 2 saturated carbocycles. The SMILES string of the molecule is CC1CC[C@H]2[C@@H](C)C(OC(=O)CCC(=O)O)CC3OC4CC[C@@H]1C32OO4. The van der Waals surface area contributed by atoms with Crippen LogP contribution in [0.25, 0.3) is 0 Å². The van der Waals surface area contributed by atoms with Crippen LogP contribution in [-0.2, 0) is 28.8 Å². The molecule has 3 heterocycles. The highest BCUT2D eigenvalue weighted by atomic mass is 17.2. The number of carboxylic acid groups (broad SMARTS) is 1. The number of aliphatic carboxylic acids is 1. The predicted octanol–water partition coefficient (Wildman–Crippen LogP) is 2.67. The molecule has 0 amide bonds. The fourth-order valence-corrected chi connectivity index (χ4v) is 5.83. The molecule has 3 aliphatic heterocycles. The van der Waals surface area contributed by atoms with Gasteiger partial charge < -0.3 is 14.6 Å². The molecule has 0 radical (unpaired) electrons. The van der Waals surface area contributed by atoms with E-state index >= 15 is 0 Å². The summed E-state index contributed by atoms with van der Waals surface area (Å²) in [6, 6.07) is 0. The Hall–Kier alpha value is -1.18. The van der Waals surface area contributed by atoms with Crippen LogP contribution < -0.4 is 0 Å². The minimum Gasteiger partial charge on any atom is -0.481 e. The fraction of sp³-hybridized carbons (Fsp3) is 0.895. The average Bonchev–Trinajstić information content (AvgIpc) is 2.88. The van der Waals surface area contributed by atoms with Crippen LogP contribution >= 0.6 is 0 Å². The molecule has 8 atom stereocenters. The molecule has 7 nitrogen and oxygen atoms in total. The van der Waals surface area contributed by atoms with Crippen molar-refractivity contribution in [1.82, 2.24) is 0 Å². The van der Waals surface area contributed by atoms with Gasteiger partial charge in [0.05, 0.1) is 18.9 Å². The van der Waals surface area contributed by atoms with Crippen molar-refractivity contribution < 1.29 is 33.9 Å². The first kappa shape index (κ1) is 18.2. The summed E-state index contributed by atoms with van der Waals surface area (Å²) in [7, 11) is 0. The van der Waals surface area contributed by atoms with Crippen LogP contribution in [0.1, 0.15) is 58.8 Å². The first-order valence-electron chi connectivity index (χ1n) is 9.83. The lowest BCUT2D eigenvalue weighted by Crippen LogP contribution is -2.68. The molecule has 7 heteroatoms. The maximum absolute atomic E-state index is 12.1. The van der Waals surface area contributed by atoms with Crippen molar-refractivity contribution >= 4 is 11.9 Å². The number of carbonyl (C=O) groups excluding carboxylic acids is 1. The number of esters is 1. The largest absolute Gasteiger partial charge is 0.481 e. The van der Waals surface area contributed by atoms with Crippen LogP contribution in [-0.4, -0.2) is 41.1 Å². The number of hydrogen-bond donors (Lipinski definition) is 1. The zero-order chi connectivity index (χ0) is 18.5. The Morgan fingerprint density at radius 3 is 2.65 bits per heavy atom. The molecule has 0 aromatic rings. The van der Waals surface area contributed by atoms with E-state index in [1.54, 1.807) is 0 Å². The van der Waals surface area contributed by atoms with Crippen LogP contribution in [0, 0.1) is 23.7 Å². The Labute approximate surface area is 153 Å². The Kier molecular flexibility index (Phi) is 4.73. The first-order valence-corrected chi connectivity index (χ1v) is 9.83. The van der Waals surface area contributed by atoms with Gasteiger partial charge in [-0.3, -0.25) is 9.59 Å². The molecule has 2 aliphatic carbocycles. The second-order valence-corrected chi connectivity index (χ2v) is 8.45. The van der Waals surface area contributed by atoms with Gasteiger partial charge in [0.25, 0.3) is 0 Å². The van der Waals surface area contributed by atoms with E-state index in [1.807, 2.05) is 0 Å². The molecular formula is C19H28O7. The van der Waals surface area contributed by atoms with Crippen molar-refractivity contribution in [2.24, 2.45) is 23.7 Å². The fourth-order valence-electron chi connectivity index (χ4n) is 5.83. The molecule has 0 aromatic heterocycles. The zero-order valence-electron chi connectivity index (χ0n) is 15.4. The summed E-state index contributed by atoms with van der Waals surface area (Å²) in [5.41, 5.74) is -0.450. The second kappa shape index (κ2) is 6.77. The van der Waals surface area contributed by atoms with Gasteiger partial charge in [0.2, 0.25) is 0 Å². The number of ether oxygens (including phenoxy) is 2. The first-order chi connectivity index (χ1) is 12.4. The zero-order valence-corrected chi connectivity index (χ0v) is 15.4. The Balaban J connectivity index is 1.55. The van der Waals surface area contributed by atoms with Gasteiger partial charge in [-0.15, -0.1) is 0 Å². The van der Waals surface area contributed by atoms with Crippen molar-refractivity contribution in [1.29, 1.82) is 0 Å². The van der Waals surface area contributed by atoms with Crippen LogP contribution in [0.3, 0.4) is 0 Å². The molecule has 5 aliphatic rings. The van der Waals surface area contributed by atoms with E-state index in [0.717, 1.165) is 25.7 Å². The van der Waals surface area contributed by atoms with Crippen molar-refractivity contribution in [2.75, 3.05) is 0 Å². The van der Waals surface area contributed by atoms with Gasteiger partial charge in [-0.25, -0.2) is 9.78 Å². The average molecular weight is 368 g/mol. The maximum atomic E-state index is 12.1. The molecule has 3 saturated heterocycles. The number of carboxylic acids is 1. The van der Waals surface area contributed by atoms with Gasteiger partial charge in [0.15, 0.2) is 6.29 Å². The van der Waals surface area contributed by atoms with E-state index in [9.17, 15) is 9.59 Å². The lowest BCUT2D eigenvalue weighted by Gasteiger charge is -2.59. The molecule has 5 rings (SSSR count). The quantitative estimate of drug-likeness (QED) is 0.602. The normalized spacial score (nSPS) is 46.9. The highest BCUT2D eigenvalue weighted by Gasteiger charge is 2.66. The summed E-state index contributed by atoms with van der Waals surface area (Å²) in [4.78, 5) is 34.4. The van der Waals surface area contributed by atoms with E-state index in [-0.39, 0.29) is 43.2 Å². The van der Waals surface area contributed by atoms with E-state index < -0.39 is 17.5 Å². The van der Waals surface area contributed by atoms with Crippen LogP contribution in [0.5, 0.6) is 0 Å². The number of carbonyl (C=O) groups is 2. The summed E-state index contributed by atoms with van der Waals surface area (Å²) >= 11 is 0.